The Labute approximate surface area is 106 Å². The maximum Gasteiger partial charge on any atom is 0.338 e. The van der Waals surface area contributed by atoms with E-state index in [1.165, 1.54) is 0 Å². The minimum Gasteiger partial charge on any atom is -0.481 e. The van der Waals surface area contributed by atoms with Crippen molar-refractivity contribution in [2.45, 2.75) is 13.3 Å². The van der Waals surface area contributed by atoms with E-state index < -0.39 is 5.97 Å². The van der Waals surface area contributed by atoms with Crippen molar-refractivity contribution in [3.05, 3.63) is 29.8 Å². The Morgan fingerprint density at radius 1 is 1.28 bits per heavy atom. The summed E-state index contributed by atoms with van der Waals surface area (Å²) < 4.78 is 4.88. The second kappa shape index (κ2) is 6.64. The number of hydrogen-bond donors (Lipinski definition) is 1. The van der Waals surface area contributed by atoms with Gasteiger partial charge in [0.25, 0.3) is 0 Å². The van der Waals surface area contributed by atoms with Crippen molar-refractivity contribution in [1.29, 1.82) is 0 Å². The molecule has 0 unspecified atom stereocenters. The molecule has 0 spiro atoms. The van der Waals surface area contributed by atoms with Crippen LogP contribution in [0.25, 0.3) is 0 Å². The highest BCUT2D eigenvalue weighted by Crippen LogP contribution is 2.14. The molecule has 1 aromatic rings. The number of benzene rings is 1. The Kier molecular flexibility index (Phi) is 5.17. The molecular weight excluding hydrogens is 234 g/mol. The summed E-state index contributed by atoms with van der Waals surface area (Å²) in [5.41, 5.74) is 1.36. The van der Waals surface area contributed by atoms with Crippen molar-refractivity contribution in [2.75, 3.05) is 25.1 Å². The third kappa shape index (κ3) is 4.08. The number of hydrogen-bond acceptors (Lipinski definition) is 4. The van der Waals surface area contributed by atoms with Crippen LogP contribution >= 0.6 is 0 Å². The van der Waals surface area contributed by atoms with Crippen LogP contribution in [-0.2, 0) is 9.53 Å². The quantitative estimate of drug-likeness (QED) is 0.780. The van der Waals surface area contributed by atoms with Gasteiger partial charge in [0.05, 0.1) is 18.6 Å². The van der Waals surface area contributed by atoms with E-state index in [1.54, 1.807) is 31.2 Å². The van der Waals surface area contributed by atoms with Gasteiger partial charge in [-0.1, -0.05) is 0 Å². The number of carboxylic acid groups (broad SMARTS) is 1. The number of nitrogens with zero attached hydrogens (tertiary/aromatic N) is 1. The summed E-state index contributed by atoms with van der Waals surface area (Å²) in [6.07, 6.45) is 0.0795. The van der Waals surface area contributed by atoms with Gasteiger partial charge in [0.15, 0.2) is 0 Å². The lowest BCUT2D eigenvalue weighted by Gasteiger charge is -2.18. The topological polar surface area (TPSA) is 66.8 Å². The molecule has 0 heterocycles. The molecule has 0 aliphatic heterocycles. The van der Waals surface area contributed by atoms with Crippen LogP contribution in [0.15, 0.2) is 24.3 Å². The van der Waals surface area contributed by atoms with Gasteiger partial charge in [0, 0.05) is 19.3 Å². The predicted octanol–water partition coefficient (Wildman–Crippen LogP) is 1.77. The Morgan fingerprint density at radius 2 is 1.89 bits per heavy atom. The summed E-state index contributed by atoms with van der Waals surface area (Å²) >= 11 is 0. The van der Waals surface area contributed by atoms with Crippen LogP contribution in [0.3, 0.4) is 0 Å². The summed E-state index contributed by atoms with van der Waals surface area (Å²) in [6.45, 7) is 2.53. The Bertz CT molecular complexity index is 414. The maximum atomic E-state index is 11.4. The molecule has 18 heavy (non-hydrogen) atoms. The van der Waals surface area contributed by atoms with Crippen LogP contribution in [0.2, 0.25) is 0 Å². The number of anilines is 1. The van der Waals surface area contributed by atoms with Crippen LogP contribution < -0.4 is 4.90 Å². The third-order valence-electron chi connectivity index (χ3n) is 2.48. The molecule has 0 aliphatic rings. The SMILES string of the molecule is CCOC(=O)c1ccc(N(C)CCC(=O)O)cc1. The Hall–Kier alpha value is -2.04. The fraction of sp³-hybridized carbons (Fsp3) is 0.385. The van der Waals surface area contributed by atoms with Crippen LogP contribution in [-0.4, -0.2) is 37.2 Å². The molecule has 0 saturated heterocycles. The van der Waals surface area contributed by atoms with Gasteiger partial charge >= 0.3 is 11.9 Å². The average Bonchev–Trinajstić information content (AvgIpc) is 2.36. The molecular formula is C13H17NO4. The molecule has 0 bridgehead atoms. The van der Waals surface area contributed by atoms with Crippen LogP contribution in [0.1, 0.15) is 23.7 Å². The molecule has 98 valence electrons. The molecule has 5 heteroatoms. The zero-order valence-electron chi connectivity index (χ0n) is 10.5. The van der Waals surface area contributed by atoms with E-state index in [4.69, 9.17) is 9.84 Å². The lowest BCUT2D eigenvalue weighted by molar-refractivity contribution is -0.136. The van der Waals surface area contributed by atoms with E-state index in [0.717, 1.165) is 5.69 Å². The molecule has 0 saturated carbocycles. The van der Waals surface area contributed by atoms with Crippen LogP contribution in [0.5, 0.6) is 0 Å². The first-order valence-corrected chi connectivity index (χ1v) is 5.74. The van der Waals surface area contributed by atoms with Gasteiger partial charge in [0.1, 0.15) is 0 Å². The number of rotatable bonds is 6. The van der Waals surface area contributed by atoms with Crippen LogP contribution in [0.4, 0.5) is 5.69 Å². The summed E-state index contributed by atoms with van der Waals surface area (Å²) in [4.78, 5) is 23.7. The molecule has 0 amide bonds. The Morgan fingerprint density at radius 3 is 2.39 bits per heavy atom. The van der Waals surface area contributed by atoms with Gasteiger partial charge in [-0.05, 0) is 31.2 Å². The fourth-order valence-electron chi connectivity index (χ4n) is 1.46. The first-order valence-electron chi connectivity index (χ1n) is 5.74. The number of carbonyl (C=O) groups is 2. The summed E-state index contributed by atoms with van der Waals surface area (Å²) in [5, 5.41) is 8.60. The lowest BCUT2D eigenvalue weighted by Crippen LogP contribution is -2.20. The number of esters is 1. The molecule has 0 atom stereocenters. The normalized spacial score (nSPS) is 9.89. The van der Waals surface area contributed by atoms with Crippen molar-refractivity contribution < 1.29 is 19.4 Å². The summed E-state index contributed by atoms with van der Waals surface area (Å²) in [6, 6.07) is 6.89. The number of ether oxygens (including phenoxy) is 1. The first kappa shape index (κ1) is 14.0. The van der Waals surface area contributed by atoms with E-state index in [-0.39, 0.29) is 12.4 Å². The van der Waals surface area contributed by atoms with Gasteiger partial charge in [-0.3, -0.25) is 4.79 Å². The van der Waals surface area contributed by atoms with E-state index in [9.17, 15) is 9.59 Å². The van der Waals surface area contributed by atoms with Gasteiger partial charge in [0.2, 0.25) is 0 Å². The van der Waals surface area contributed by atoms with Crippen molar-refractivity contribution >= 4 is 17.6 Å². The summed E-state index contributed by atoms with van der Waals surface area (Å²) in [5.74, 6) is -1.18. The van der Waals surface area contributed by atoms with Gasteiger partial charge < -0.3 is 14.7 Å². The van der Waals surface area contributed by atoms with E-state index in [2.05, 4.69) is 0 Å². The number of carboxylic acids is 1. The zero-order valence-corrected chi connectivity index (χ0v) is 10.5. The minimum absolute atomic E-state index is 0.0795. The minimum atomic E-state index is -0.829. The largest absolute Gasteiger partial charge is 0.481 e. The number of aliphatic carboxylic acids is 1. The van der Waals surface area contributed by atoms with Crippen molar-refractivity contribution in [2.24, 2.45) is 0 Å². The lowest BCUT2D eigenvalue weighted by atomic mass is 10.2. The van der Waals surface area contributed by atoms with Gasteiger partial charge in [-0.2, -0.15) is 0 Å². The maximum absolute atomic E-state index is 11.4. The molecule has 0 aliphatic carbocycles. The first-order chi connectivity index (χ1) is 8.54. The monoisotopic (exact) mass is 251 g/mol. The molecule has 5 nitrogen and oxygen atoms in total. The molecule has 0 aromatic heterocycles. The van der Waals surface area contributed by atoms with Crippen LogP contribution in [0, 0.1) is 0 Å². The highest BCUT2D eigenvalue weighted by molar-refractivity contribution is 5.89. The average molecular weight is 251 g/mol. The van der Waals surface area contributed by atoms with Crippen molar-refractivity contribution in [3.8, 4) is 0 Å². The van der Waals surface area contributed by atoms with Crippen molar-refractivity contribution in [1.82, 2.24) is 0 Å². The zero-order chi connectivity index (χ0) is 13.5. The number of carbonyl (C=O) groups excluding carboxylic acids is 1. The van der Waals surface area contributed by atoms with E-state index in [1.807, 2.05) is 11.9 Å². The van der Waals surface area contributed by atoms with Crippen molar-refractivity contribution in [3.63, 3.8) is 0 Å². The second-order valence-electron chi connectivity index (χ2n) is 3.83. The highest BCUT2D eigenvalue weighted by Gasteiger charge is 2.08. The molecule has 1 aromatic carbocycles. The summed E-state index contributed by atoms with van der Waals surface area (Å²) in [7, 11) is 1.81. The standard InChI is InChI=1S/C13H17NO4/c1-3-18-13(17)10-4-6-11(7-5-10)14(2)9-8-12(15)16/h4-7H,3,8-9H2,1-2H3,(H,15,16). The fourth-order valence-corrected chi connectivity index (χ4v) is 1.46. The molecule has 1 rings (SSSR count). The van der Waals surface area contributed by atoms with Gasteiger partial charge in [-0.25, -0.2) is 4.79 Å². The van der Waals surface area contributed by atoms with E-state index in [0.29, 0.717) is 18.7 Å². The molecule has 0 radical (unpaired) electrons. The smallest absolute Gasteiger partial charge is 0.338 e. The molecule has 1 N–H and O–H groups in total. The Balaban J connectivity index is 2.64. The second-order valence-corrected chi connectivity index (χ2v) is 3.83. The highest BCUT2D eigenvalue weighted by atomic mass is 16.5. The van der Waals surface area contributed by atoms with E-state index >= 15 is 0 Å². The predicted molar refractivity (Wildman–Crippen MR) is 67.9 cm³/mol. The molecule has 0 fully saturated rings. The van der Waals surface area contributed by atoms with Gasteiger partial charge in [-0.15, -0.1) is 0 Å². The third-order valence-corrected chi connectivity index (χ3v) is 2.48.